The standard InChI is InChI=1S/C21H28N6O/c1-17-4-3-5-19(14-17)25-10-12-27(13-11-25)21-22-15-18(16-23-21)20(28)26-8-6-24(2)7-9-26/h3-5,14-16H,6-13H2,1-2H3. The molecular weight excluding hydrogens is 352 g/mol. The first-order valence-electron chi connectivity index (χ1n) is 9.96. The van der Waals surface area contributed by atoms with E-state index in [4.69, 9.17) is 0 Å². The van der Waals surface area contributed by atoms with Crippen molar-refractivity contribution in [2.24, 2.45) is 0 Å². The minimum Gasteiger partial charge on any atom is -0.368 e. The molecule has 0 saturated carbocycles. The van der Waals surface area contributed by atoms with Gasteiger partial charge in [0.2, 0.25) is 5.95 Å². The molecule has 28 heavy (non-hydrogen) atoms. The van der Waals surface area contributed by atoms with Crippen molar-refractivity contribution in [3.05, 3.63) is 47.8 Å². The highest BCUT2D eigenvalue weighted by atomic mass is 16.2. The van der Waals surface area contributed by atoms with Gasteiger partial charge in [-0.05, 0) is 31.7 Å². The van der Waals surface area contributed by atoms with Crippen LogP contribution in [0.25, 0.3) is 0 Å². The van der Waals surface area contributed by atoms with Crippen LogP contribution in [0.5, 0.6) is 0 Å². The molecule has 3 heterocycles. The van der Waals surface area contributed by atoms with E-state index < -0.39 is 0 Å². The SMILES string of the molecule is Cc1cccc(N2CCN(c3ncc(C(=O)N4CCN(C)CC4)cn3)CC2)c1. The van der Waals surface area contributed by atoms with E-state index in [1.54, 1.807) is 12.4 Å². The number of carbonyl (C=O) groups is 1. The van der Waals surface area contributed by atoms with Crippen LogP contribution in [0.2, 0.25) is 0 Å². The first-order valence-corrected chi connectivity index (χ1v) is 9.96. The third kappa shape index (κ3) is 4.09. The van der Waals surface area contributed by atoms with Gasteiger partial charge in [0.25, 0.3) is 5.91 Å². The summed E-state index contributed by atoms with van der Waals surface area (Å²) in [5.74, 6) is 0.739. The molecule has 0 unspecified atom stereocenters. The van der Waals surface area contributed by atoms with Crippen molar-refractivity contribution in [1.29, 1.82) is 0 Å². The largest absolute Gasteiger partial charge is 0.368 e. The van der Waals surface area contributed by atoms with Crippen molar-refractivity contribution < 1.29 is 4.79 Å². The molecule has 2 aliphatic heterocycles. The number of anilines is 2. The molecule has 0 radical (unpaired) electrons. The molecule has 2 saturated heterocycles. The van der Waals surface area contributed by atoms with E-state index in [9.17, 15) is 4.79 Å². The van der Waals surface area contributed by atoms with E-state index in [0.29, 0.717) is 11.5 Å². The van der Waals surface area contributed by atoms with E-state index in [-0.39, 0.29) is 5.91 Å². The van der Waals surface area contributed by atoms with Crippen molar-refractivity contribution in [2.45, 2.75) is 6.92 Å². The maximum atomic E-state index is 12.6. The third-order valence-corrected chi connectivity index (χ3v) is 5.60. The molecule has 0 bridgehead atoms. The number of nitrogens with zero attached hydrogens (tertiary/aromatic N) is 6. The average molecular weight is 380 g/mol. The molecule has 7 nitrogen and oxygen atoms in total. The van der Waals surface area contributed by atoms with Gasteiger partial charge in [-0.1, -0.05) is 12.1 Å². The van der Waals surface area contributed by atoms with Crippen LogP contribution in [0, 0.1) is 6.92 Å². The lowest BCUT2D eigenvalue weighted by Gasteiger charge is -2.36. The highest BCUT2D eigenvalue weighted by molar-refractivity contribution is 5.93. The highest BCUT2D eigenvalue weighted by Gasteiger charge is 2.23. The summed E-state index contributed by atoms with van der Waals surface area (Å²) >= 11 is 0. The molecule has 2 aliphatic rings. The van der Waals surface area contributed by atoms with Crippen LogP contribution in [0.3, 0.4) is 0 Å². The van der Waals surface area contributed by atoms with E-state index in [2.05, 4.69) is 62.9 Å². The normalized spacial score (nSPS) is 18.4. The van der Waals surface area contributed by atoms with E-state index in [1.165, 1.54) is 11.3 Å². The summed E-state index contributed by atoms with van der Waals surface area (Å²) in [6.07, 6.45) is 3.35. The molecule has 148 valence electrons. The zero-order valence-corrected chi connectivity index (χ0v) is 16.7. The second kappa shape index (κ2) is 8.14. The Bertz CT molecular complexity index is 808. The van der Waals surface area contributed by atoms with Gasteiger partial charge in [-0.25, -0.2) is 9.97 Å². The Morgan fingerprint density at radius 2 is 1.54 bits per heavy atom. The summed E-state index contributed by atoms with van der Waals surface area (Å²) in [5.41, 5.74) is 3.13. The molecule has 0 N–H and O–H groups in total. The number of benzene rings is 1. The molecule has 0 spiro atoms. The summed E-state index contributed by atoms with van der Waals surface area (Å²) in [6, 6.07) is 8.62. The second-order valence-corrected chi connectivity index (χ2v) is 7.68. The average Bonchev–Trinajstić information content (AvgIpc) is 2.74. The number of likely N-dealkylation sites (N-methyl/N-ethyl adjacent to an activating group) is 1. The number of hydrogen-bond donors (Lipinski definition) is 0. The molecule has 1 aromatic heterocycles. The zero-order chi connectivity index (χ0) is 19.5. The van der Waals surface area contributed by atoms with Gasteiger partial charge in [-0.15, -0.1) is 0 Å². The fraction of sp³-hybridized carbons (Fsp3) is 0.476. The van der Waals surface area contributed by atoms with Gasteiger partial charge in [0.15, 0.2) is 0 Å². The van der Waals surface area contributed by atoms with Crippen LogP contribution in [0.15, 0.2) is 36.7 Å². The molecule has 4 rings (SSSR count). The van der Waals surface area contributed by atoms with Gasteiger partial charge in [0.05, 0.1) is 5.56 Å². The minimum absolute atomic E-state index is 0.0314. The summed E-state index contributed by atoms with van der Waals surface area (Å²) in [6.45, 7) is 9.10. The van der Waals surface area contributed by atoms with Crippen molar-refractivity contribution in [1.82, 2.24) is 19.8 Å². The number of piperazine rings is 2. The fourth-order valence-electron chi connectivity index (χ4n) is 3.78. The van der Waals surface area contributed by atoms with E-state index >= 15 is 0 Å². The Morgan fingerprint density at radius 3 is 2.18 bits per heavy atom. The van der Waals surface area contributed by atoms with Gasteiger partial charge in [-0.3, -0.25) is 4.79 Å². The predicted octanol–water partition coefficient (Wildman–Crippen LogP) is 1.50. The number of rotatable bonds is 3. The van der Waals surface area contributed by atoms with Crippen molar-refractivity contribution in [2.75, 3.05) is 69.2 Å². The van der Waals surface area contributed by atoms with Crippen LogP contribution in [-0.2, 0) is 0 Å². The summed E-state index contributed by atoms with van der Waals surface area (Å²) in [5, 5.41) is 0. The third-order valence-electron chi connectivity index (χ3n) is 5.60. The lowest BCUT2D eigenvalue weighted by atomic mass is 10.2. The highest BCUT2D eigenvalue weighted by Crippen LogP contribution is 2.19. The molecular formula is C21H28N6O. The Morgan fingerprint density at radius 1 is 0.893 bits per heavy atom. The Kier molecular flexibility index (Phi) is 5.43. The second-order valence-electron chi connectivity index (χ2n) is 7.68. The molecule has 0 aliphatic carbocycles. The lowest BCUT2D eigenvalue weighted by Crippen LogP contribution is -2.47. The van der Waals surface area contributed by atoms with Crippen LogP contribution >= 0.6 is 0 Å². The lowest BCUT2D eigenvalue weighted by molar-refractivity contribution is 0.0663. The first kappa shape index (κ1) is 18.7. The Hall–Kier alpha value is -2.67. The first-order chi connectivity index (χ1) is 13.6. The molecule has 2 aromatic rings. The Labute approximate surface area is 166 Å². The van der Waals surface area contributed by atoms with Crippen molar-refractivity contribution in [3.63, 3.8) is 0 Å². The minimum atomic E-state index is 0.0314. The van der Waals surface area contributed by atoms with Gasteiger partial charge in [-0.2, -0.15) is 0 Å². The predicted molar refractivity (Wildman–Crippen MR) is 111 cm³/mol. The molecule has 2 fully saturated rings. The van der Waals surface area contributed by atoms with Gasteiger partial charge in [0.1, 0.15) is 0 Å². The summed E-state index contributed by atoms with van der Waals surface area (Å²) in [4.78, 5) is 30.3. The van der Waals surface area contributed by atoms with E-state index in [0.717, 1.165) is 52.4 Å². The maximum Gasteiger partial charge on any atom is 0.257 e. The number of aryl methyl sites for hydroxylation is 1. The number of carbonyl (C=O) groups excluding carboxylic acids is 1. The number of hydrogen-bond acceptors (Lipinski definition) is 6. The van der Waals surface area contributed by atoms with Crippen LogP contribution < -0.4 is 9.80 Å². The van der Waals surface area contributed by atoms with Gasteiger partial charge < -0.3 is 19.6 Å². The van der Waals surface area contributed by atoms with Crippen molar-refractivity contribution in [3.8, 4) is 0 Å². The van der Waals surface area contributed by atoms with Crippen molar-refractivity contribution >= 4 is 17.5 Å². The van der Waals surface area contributed by atoms with Crippen LogP contribution in [-0.4, -0.2) is 85.1 Å². The Balaban J connectivity index is 1.35. The quantitative estimate of drug-likeness (QED) is 0.804. The molecule has 0 atom stereocenters. The smallest absolute Gasteiger partial charge is 0.257 e. The fourth-order valence-corrected chi connectivity index (χ4v) is 3.78. The summed E-state index contributed by atoms with van der Waals surface area (Å²) in [7, 11) is 2.08. The van der Waals surface area contributed by atoms with Gasteiger partial charge >= 0.3 is 0 Å². The summed E-state index contributed by atoms with van der Waals surface area (Å²) < 4.78 is 0. The molecule has 1 aromatic carbocycles. The molecule has 7 heteroatoms. The van der Waals surface area contributed by atoms with Crippen LogP contribution in [0.4, 0.5) is 11.6 Å². The molecule has 1 amide bonds. The maximum absolute atomic E-state index is 12.6. The topological polar surface area (TPSA) is 55.8 Å². The monoisotopic (exact) mass is 380 g/mol. The van der Waals surface area contributed by atoms with Crippen LogP contribution in [0.1, 0.15) is 15.9 Å². The number of amides is 1. The van der Waals surface area contributed by atoms with Gasteiger partial charge in [0, 0.05) is 70.4 Å². The zero-order valence-electron chi connectivity index (χ0n) is 16.7. The number of aromatic nitrogens is 2. The van der Waals surface area contributed by atoms with E-state index in [1.807, 2.05) is 4.90 Å².